The molecular formula is C20H36Si3. The summed E-state index contributed by atoms with van der Waals surface area (Å²) in [4.78, 5) is 0. The molecule has 0 atom stereocenters. The van der Waals surface area contributed by atoms with Crippen LogP contribution in [0.3, 0.4) is 0 Å². The lowest BCUT2D eigenvalue weighted by Crippen LogP contribution is -2.26. The first-order chi connectivity index (χ1) is 10.4. The highest BCUT2D eigenvalue weighted by atomic mass is 28.3. The van der Waals surface area contributed by atoms with Crippen molar-refractivity contribution in [2.24, 2.45) is 0 Å². The number of hydrogen-bond donors (Lipinski definition) is 0. The molecule has 0 N–H and O–H groups in total. The van der Waals surface area contributed by atoms with Crippen LogP contribution in [0.4, 0.5) is 0 Å². The first-order valence-electron chi connectivity index (χ1n) is 9.17. The molecule has 0 aromatic carbocycles. The summed E-state index contributed by atoms with van der Waals surface area (Å²) in [5.41, 5.74) is 3.44. The quantitative estimate of drug-likeness (QED) is 0.449. The summed E-state index contributed by atoms with van der Waals surface area (Å²) in [6.45, 7) is 20.0. The summed E-state index contributed by atoms with van der Waals surface area (Å²) in [7, 11) is -3.43. The van der Waals surface area contributed by atoms with Gasteiger partial charge in [0.25, 0.3) is 0 Å². The highest BCUT2D eigenvalue weighted by Gasteiger charge is 2.29. The standard InChI is InChI=1S/C20H36Si3/c1-21(2,3)19-11-9-17(13-19)15-23(7,8)16-18-10-12-20(14-18)22(4,5)6/h11-14H,9-10,15-16H2,1-8H3. The Bertz CT molecular complexity index is 535. The molecule has 0 spiro atoms. The van der Waals surface area contributed by atoms with E-state index < -0.39 is 24.2 Å². The molecule has 0 radical (unpaired) electrons. The molecule has 3 heteroatoms. The van der Waals surface area contributed by atoms with E-state index in [0.29, 0.717) is 0 Å². The second-order valence-electron chi connectivity index (χ2n) is 10.4. The lowest BCUT2D eigenvalue weighted by molar-refractivity contribution is 1.15. The van der Waals surface area contributed by atoms with Gasteiger partial charge in [-0.1, -0.05) is 98.2 Å². The monoisotopic (exact) mass is 360 g/mol. The zero-order valence-electron chi connectivity index (χ0n) is 16.6. The summed E-state index contributed by atoms with van der Waals surface area (Å²) in [6.07, 6.45) is 12.6. The van der Waals surface area contributed by atoms with Crippen LogP contribution in [-0.2, 0) is 0 Å². The van der Waals surface area contributed by atoms with Crippen molar-refractivity contribution in [1.29, 1.82) is 0 Å². The molecule has 23 heavy (non-hydrogen) atoms. The fourth-order valence-electron chi connectivity index (χ4n) is 3.74. The minimum absolute atomic E-state index is 1.12. The molecule has 0 amide bonds. The first-order valence-corrected chi connectivity index (χ1v) is 19.6. The van der Waals surface area contributed by atoms with Crippen molar-refractivity contribution >= 4 is 24.2 Å². The SMILES string of the molecule is C[Si](C)(CC1=CC([Si](C)(C)C)=CC1)CC1=CC([Si](C)(C)C)=CC1. The molecule has 0 aromatic heterocycles. The maximum absolute atomic E-state index is 2.59. The predicted molar refractivity (Wildman–Crippen MR) is 115 cm³/mol. The molecule has 0 bridgehead atoms. The van der Waals surface area contributed by atoms with Crippen LogP contribution in [0.5, 0.6) is 0 Å². The van der Waals surface area contributed by atoms with Gasteiger partial charge >= 0.3 is 0 Å². The normalized spacial score (nSPS) is 19.5. The second-order valence-corrected chi connectivity index (χ2v) is 25.5. The molecule has 0 fully saturated rings. The highest BCUT2D eigenvalue weighted by Crippen LogP contribution is 2.36. The summed E-state index contributed by atoms with van der Waals surface area (Å²) in [5.74, 6) is 0. The van der Waals surface area contributed by atoms with Crippen molar-refractivity contribution in [2.45, 2.75) is 77.3 Å². The summed E-state index contributed by atoms with van der Waals surface area (Å²) < 4.78 is 0. The third-order valence-electron chi connectivity index (χ3n) is 5.03. The molecule has 0 aromatic rings. The van der Waals surface area contributed by atoms with E-state index in [1.54, 1.807) is 21.5 Å². The van der Waals surface area contributed by atoms with Crippen LogP contribution in [-0.4, -0.2) is 24.2 Å². The fraction of sp³-hybridized carbons (Fsp3) is 0.600. The van der Waals surface area contributed by atoms with Crippen LogP contribution in [0.1, 0.15) is 12.8 Å². The number of allylic oxidation sites excluding steroid dienone is 8. The fourth-order valence-corrected chi connectivity index (χ4v) is 9.52. The molecule has 128 valence electrons. The Morgan fingerprint density at radius 3 is 1.26 bits per heavy atom. The predicted octanol–water partition coefficient (Wildman–Crippen LogP) is 6.96. The Labute approximate surface area is 147 Å². The molecule has 0 aliphatic heterocycles. The minimum Gasteiger partial charge on any atom is -0.0812 e. The van der Waals surface area contributed by atoms with E-state index in [1.807, 2.05) is 0 Å². The van der Waals surface area contributed by atoms with E-state index >= 15 is 0 Å². The van der Waals surface area contributed by atoms with Gasteiger partial charge in [0.05, 0.1) is 24.2 Å². The zero-order chi connectivity index (χ0) is 17.5. The van der Waals surface area contributed by atoms with E-state index in [0.717, 1.165) is 0 Å². The van der Waals surface area contributed by atoms with Crippen LogP contribution < -0.4 is 0 Å². The summed E-state index contributed by atoms with van der Waals surface area (Å²) in [6, 6.07) is 2.77. The van der Waals surface area contributed by atoms with E-state index in [2.05, 4.69) is 76.7 Å². The Balaban J connectivity index is 1.97. The Morgan fingerprint density at radius 1 is 0.652 bits per heavy atom. The lowest BCUT2D eigenvalue weighted by atomic mass is 10.3. The second kappa shape index (κ2) is 6.49. The van der Waals surface area contributed by atoms with Crippen molar-refractivity contribution in [2.75, 3.05) is 0 Å². The van der Waals surface area contributed by atoms with Gasteiger partial charge in [-0.25, -0.2) is 0 Å². The van der Waals surface area contributed by atoms with Crippen molar-refractivity contribution < 1.29 is 0 Å². The zero-order valence-corrected chi connectivity index (χ0v) is 19.6. The Hall–Kier alpha value is -0.389. The first kappa shape index (κ1) is 18.9. The number of rotatable bonds is 6. The average Bonchev–Trinajstić information content (AvgIpc) is 2.95. The number of hydrogen-bond acceptors (Lipinski definition) is 0. The summed E-state index contributed by atoms with van der Waals surface area (Å²) in [5, 5.41) is 3.36. The van der Waals surface area contributed by atoms with Crippen molar-refractivity contribution in [1.82, 2.24) is 0 Å². The minimum atomic E-state index is -1.18. The van der Waals surface area contributed by atoms with E-state index in [4.69, 9.17) is 0 Å². The third kappa shape index (κ3) is 5.30. The molecule has 0 unspecified atom stereocenters. The third-order valence-corrected chi connectivity index (χ3v) is 12.0. The Kier molecular flexibility index (Phi) is 5.34. The van der Waals surface area contributed by atoms with Gasteiger partial charge in [-0.05, 0) is 24.9 Å². The van der Waals surface area contributed by atoms with Gasteiger partial charge in [-0.15, -0.1) is 0 Å². The van der Waals surface area contributed by atoms with Crippen molar-refractivity contribution in [3.05, 3.63) is 45.8 Å². The van der Waals surface area contributed by atoms with Gasteiger partial charge in [-0.2, -0.15) is 0 Å². The molecule has 0 saturated carbocycles. The maximum Gasteiger partial charge on any atom is 0.0771 e. The topological polar surface area (TPSA) is 0 Å². The molecular weight excluding hydrogens is 324 g/mol. The van der Waals surface area contributed by atoms with E-state index in [1.165, 1.54) is 24.9 Å². The van der Waals surface area contributed by atoms with Crippen LogP contribution in [0, 0.1) is 0 Å². The highest BCUT2D eigenvalue weighted by molar-refractivity contribution is 6.84. The van der Waals surface area contributed by atoms with Crippen LogP contribution >= 0.6 is 0 Å². The molecule has 2 aliphatic carbocycles. The molecule has 2 rings (SSSR count). The van der Waals surface area contributed by atoms with Gasteiger partial charge in [0.2, 0.25) is 0 Å². The van der Waals surface area contributed by atoms with Gasteiger partial charge in [0.1, 0.15) is 0 Å². The maximum atomic E-state index is 2.59. The molecule has 2 aliphatic rings. The molecule has 0 nitrogen and oxygen atoms in total. The van der Waals surface area contributed by atoms with Crippen LogP contribution in [0.15, 0.2) is 45.8 Å². The van der Waals surface area contributed by atoms with Gasteiger partial charge in [-0.3, -0.25) is 0 Å². The Morgan fingerprint density at radius 2 is 1.00 bits per heavy atom. The molecule has 0 heterocycles. The van der Waals surface area contributed by atoms with Crippen LogP contribution in [0.2, 0.25) is 64.5 Å². The average molecular weight is 361 g/mol. The van der Waals surface area contributed by atoms with Crippen LogP contribution in [0.25, 0.3) is 0 Å². The van der Waals surface area contributed by atoms with Crippen molar-refractivity contribution in [3.8, 4) is 0 Å². The van der Waals surface area contributed by atoms with Gasteiger partial charge in [0.15, 0.2) is 0 Å². The largest absolute Gasteiger partial charge is 0.0812 e. The van der Waals surface area contributed by atoms with Crippen molar-refractivity contribution in [3.63, 3.8) is 0 Å². The van der Waals surface area contributed by atoms with Gasteiger partial charge in [0, 0.05) is 0 Å². The van der Waals surface area contributed by atoms with Gasteiger partial charge < -0.3 is 0 Å². The lowest BCUT2D eigenvalue weighted by Gasteiger charge is -2.24. The molecule has 0 saturated heterocycles. The smallest absolute Gasteiger partial charge is 0.0771 e. The summed E-state index contributed by atoms with van der Waals surface area (Å²) >= 11 is 0. The van der Waals surface area contributed by atoms with E-state index in [-0.39, 0.29) is 0 Å². The van der Waals surface area contributed by atoms with E-state index in [9.17, 15) is 0 Å².